The molecule has 2 aliphatic rings. The Labute approximate surface area is 218 Å². The van der Waals surface area contributed by atoms with E-state index in [1.165, 1.54) is 18.9 Å². The number of anilines is 1. The highest BCUT2D eigenvalue weighted by Crippen LogP contribution is 2.39. The highest BCUT2D eigenvalue weighted by molar-refractivity contribution is 8.26. The van der Waals surface area contributed by atoms with Crippen LogP contribution in [0.15, 0.2) is 41.3 Å². The first kappa shape index (κ1) is 25.5. The van der Waals surface area contributed by atoms with Gasteiger partial charge in [0.2, 0.25) is 0 Å². The lowest BCUT2D eigenvalue weighted by Gasteiger charge is -2.18. The van der Waals surface area contributed by atoms with Gasteiger partial charge in [-0.25, -0.2) is 0 Å². The van der Waals surface area contributed by atoms with Crippen LogP contribution in [-0.2, 0) is 14.3 Å². The maximum Gasteiger partial charge on any atom is 0.266 e. The van der Waals surface area contributed by atoms with E-state index < -0.39 is 0 Å². The summed E-state index contributed by atoms with van der Waals surface area (Å²) in [7, 11) is 1.48. The van der Waals surface area contributed by atoms with Crippen LogP contribution in [0.5, 0.6) is 11.5 Å². The molecule has 0 saturated carbocycles. The number of thioether (sulfide) groups is 1. The largest absolute Gasteiger partial charge is 0.493 e. The number of amides is 2. The molecule has 7 nitrogen and oxygen atoms in total. The molecule has 2 heterocycles. The number of nitrogens with zero attached hydrogens (tertiary/aromatic N) is 1. The van der Waals surface area contributed by atoms with E-state index in [1.807, 2.05) is 31.2 Å². The number of nitrogens with one attached hydrogen (secondary N) is 1. The Morgan fingerprint density at radius 2 is 2.11 bits per heavy atom. The zero-order chi connectivity index (χ0) is 24.9. The summed E-state index contributed by atoms with van der Waals surface area (Å²) < 4.78 is 17.3. The number of hydrogen-bond donors (Lipinski definition) is 1. The second kappa shape index (κ2) is 11.4. The molecule has 2 fully saturated rings. The van der Waals surface area contributed by atoms with Crippen LogP contribution in [0.4, 0.5) is 5.69 Å². The van der Waals surface area contributed by atoms with Crippen molar-refractivity contribution in [1.82, 2.24) is 4.90 Å². The maximum atomic E-state index is 12.9. The number of halogens is 1. The van der Waals surface area contributed by atoms with Crippen LogP contribution in [0.1, 0.15) is 24.0 Å². The van der Waals surface area contributed by atoms with Crippen molar-refractivity contribution in [1.29, 1.82) is 0 Å². The molecule has 0 radical (unpaired) electrons. The molecule has 2 amide bonds. The number of ether oxygens (including phenoxy) is 3. The van der Waals surface area contributed by atoms with E-state index in [1.54, 1.807) is 23.1 Å². The fraction of sp³-hybridized carbons (Fsp3) is 0.320. The smallest absolute Gasteiger partial charge is 0.266 e. The van der Waals surface area contributed by atoms with Gasteiger partial charge in [0.25, 0.3) is 11.8 Å². The molecule has 1 atom stereocenters. The molecule has 0 spiro atoms. The quantitative estimate of drug-likeness (QED) is 0.376. The van der Waals surface area contributed by atoms with Crippen molar-refractivity contribution in [2.75, 3.05) is 32.2 Å². The fourth-order valence-electron chi connectivity index (χ4n) is 3.74. The molecule has 0 unspecified atom stereocenters. The highest BCUT2D eigenvalue weighted by Gasteiger charge is 2.34. The number of rotatable bonds is 8. The Morgan fingerprint density at radius 1 is 1.34 bits per heavy atom. The van der Waals surface area contributed by atoms with Crippen molar-refractivity contribution in [2.24, 2.45) is 0 Å². The summed E-state index contributed by atoms with van der Waals surface area (Å²) in [6.07, 6.45) is 3.66. The van der Waals surface area contributed by atoms with Gasteiger partial charge in [-0.2, -0.15) is 0 Å². The third-order valence-electron chi connectivity index (χ3n) is 5.52. The van der Waals surface area contributed by atoms with Gasteiger partial charge in [0.1, 0.15) is 4.32 Å². The molecule has 2 aromatic carbocycles. The van der Waals surface area contributed by atoms with Crippen LogP contribution < -0.4 is 14.8 Å². The monoisotopic (exact) mass is 532 g/mol. The first-order valence-corrected chi connectivity index (χ1v) is 12.7. The van der Waals surface area contributed by atoms with E-state index in [4.69, 9.17) is 38.0 Å². The third kappa shape index (κ3) is 6.35. The van der Waals surface area contributed by atoms with Crippen molar-refractivity contribution in [3.63, 3.8) is 0 Å². The van der Waals surface area contributed by atoms with Crippen LogP contribution in [0.25, 0.3) is 6.08 Å². The molecule has 2 saturated heterocycles. The van der Waals surface area contributed by atoms with E-state index in [-0.39, 0.29) is 35.3 Å². The summed E-state index contributed by atoms with van der Waals surface area (Å²) in [5.41, 5.74) is 2.43. The predicted molar refractivity (Wildman–Crippen MR) is 142 cm³/mol. The van der Waals surface area contributed by atoms with Crippen LogP contribution >= 0.6 is 35.6 Å². The van der Waals surface area contributed by atoms with Crippen molar-refractivity contribution in [3.8, 4) is 11.5 Å². The summed E-state index contributed by atoms with van der Waals surface area (Å²) in [4.78, 5) is 27.3. The second-order valence-corrected chi connectivity index (χ2v) is 10.2. The lowest BCUT2D eigenvalue weighted by Crippen LogP contribution is -2.35. The molecule has 0 aliphatic carbocycles. The average Bonchev–Trinajstić information content (AvgIpc) is 3.43. The molecule has 2 aromatic rings. The zero-order valence-electron chi connectivity index (χ0n) is 19.3. The summed E-state index contributed by atoms with van der Waals surface area (Å²) in [6.45, 7) is 2.91. The van der Waals surface area contributed by atoms with Crippen LogP contribution in [0, 0.1) is 6.92 Å². The van der Waals surface area contributed by atoms with Crippen molar-refractivity contribution < 1.29 is 23.8 Å². The molecule has 2 aliphatic heterocycles. The lowest BCUT2D eigenvalue weighted by atomic mass is 10.1. The normalized spacial score (nSPS) is 18.9. The number of benzene rings is 2. The number of hydrogen-bond acceptors (Lipinski definition) is 7. The minimum absolute atomic E-state index is 0.0195. The van der Waals surface area contributed by atoms with Crippen molar-refractivity contribution >= 4 is 63.5 Å². The molecule has 35 heavy (non-hydrogen) atoms. The number of methoxy groups -OCH3 is 1. The summed E-state index contributed by atoms with van der Waals surface area (Å²) >= 11 is 13.1. The van der Waals surface area contributed by atoms with Gasteiger partial charge in [-0.3, -0.25) is 14.5 Å². The van der Waals surface area contributed by atoms with E-state index in [2.05, 4.69) is 5.32 Å². The van der Waals surface area contributed by atoms with Crippen molar-refractivity contribution in [2.45, 2.75) is 25.9 Å². The van der Waals surface area contributed by atoms with Gasteiger partial charge < -0.3 is 19.5 Å². The minimum atomic E-state index is -0.328. The van der Waals surface area contributed by atoms with Crippen LogP contribution in [-0.4, -0.2) is 54.0 Å². The molecular weight excluding hydrogens is 508 g/mol. The number of carbonyl (C=O) groups is 2. The summed E-state index contributed by atoms with van der Waals surface area (Å²) in [5, 5.41) is 3.03. The van der Waals surface area contributed by atoms with E-state index in [0.717, 1.165) is 25.0 Å². The second-order valence-electron chi connectivity index (χ2n) is 8.16. The van der Waals surface area contributed by atoms with Gasteiger partial charge in [-0.05, 0) is 55.7 Å². The van der Waals surface area contributed by atoms with E-state index >= 15 is 0 Å². The molecular formula is C25H25ClN2O5S2. The van der Waals surface area contributed by atoms with E-state index in [9.17, 15) is 9.59 Å². The highest BCUT2D eigenvalue weighted by atomic mass is 35.5. The first-order valence-electron chi connectivity index (χ1n) is 11.1. The predicted octanol–water partition coefficient (Wildman–Crippen LogP) is 5.05. The number of aryl methyl sites for hydroxylation is 1. The topological polar surface area (TPSA) is 77.1 Å². The zero-order valence-corrected chi connectivity index (χ0v) is 21.7. The maximum absolute atomic E-state index is 12.9. The van der Waals surface area contributed by atoms with Crippen LogP contribution in [0.3, 0.4) is 0 Å². The van der Waals surface area contributed by atoms with Gasteiger partial charge in [-0.15, -0.1) is 0 Å². The summed E-state index contributed by atoms with van der Waals surface area (Å²) in [5.74, 6) is 0.114. The Balaban J connectivity index is 1.44. The van der Waals surface area contributed by atoms with E-state index in [0.29, 0.717) is 32.8 Å². The summed E-state index contributed by atoms with van der Waals surface area (Å²) in [6, 6.07) is 10.8. The standard InChI is InChI=1S/C25H25ClN2O5S2/c1-15-5-7-17(8-6-15)27-22(29)14-33-23-19(26)10-16(11-20(23)31-2)12-21-24(30)28(25(34)35-21)13-18-4-3-9-32-18/h5-8,10-12,18H,3-4,9,13-14H2,1-2H3,(H,27,29)/b21-12-/t18-/m1/s1. The van der Waals surface area contributed by atoms with Gasteiger partial charge in [0.05, 0.1) is 29.7 Å². The molecule has 0 aromatic heterocycles. The Kier molecular flexibility index (Phi) is 8.33. The van der Waals surface area contributed by atoms with Crippen LogP contribution in [0.2, 0.25) is 5.02 Å². The van der Waals surface area contributed by atoms with Gasteiger partial charge in [0.15, 0.2) is 18.1 Å². The minimum Gasteiger partial charge on any atom is -0.493 e. The molecule has 184 valence electrons. The Morgan fingerprint density at radius 3 is 2.80 bits per heavy atom. The first-order chi connectivity index (χ1) is 16.8. The number of thiocarbonyl (C=S) groups is 1. The number of carbonyl (C=O) groups excluding carboxylic acids is 2. The Hall–Kier alpha value is -2.59. The SMILES string of the molecule is COc1cc(/C=C2\SC(=S)N(C[C@H]3CCCO3)C2=O)cc(Cl)c1OCC(=O)Nc1ccc(C)cc1. The van der Waals surface area contributed by atoms with Gasteiger partial charge in [-0.1, -0.05) is 53.3 Å². The average molecular weight is 533 g/mol. The molecule has 4 rings (SSSR count). The Bertz CT molecular complexity index is 1160. The third-order valence-corrected chi connectivity index (χ3v) is 7.17. The lowest BCUT2D eigenvalue weighted by molar-refractivity contribution is -0.123. The van der Waals surface area contributed by atoms with Gasteiger partial charge in [0, 0.05) is 12.3 Å². The fourth-order valence-corrected chi connectivity index (χ4v) is 5.28. The molecule has 0 bridgehead atoms. The van der Waals surface area contributed by atoms with Gasteiger partial charge >= 0.3 is 0 Å². The molecule has 10 heteroatoms. The van der Waals surface area contributed by atoms with Crippen molar-refractivity contribution in [3.05, 3.63) is 57.5 Å². The molecule has 1 N–H and O–H groups in total.